The topological polar surface area (TPSA) is 116 Å². The number of methoxy groups -OCH3 is 1. The summed E-state index contributed by atoms with van der Waals surface area (Å²) in [6.07, 6.45) is 2.88. The molecule has 0 saturated carbocycles. The summed E-state index contributed by atoms with van der Waals surface area (Å²) in [5.74, 6) is -0.993. The summed E-state index contributed by atoms with van der Waals surface area (Å²) >= 11 is 0. The van der Waals surface area contributed by atoms with Gasteiger partial charge in [-0.15, -0.1) is 0 Å². The highest BCUT2D eigenvalue weighted by Crippen LogP contribution is 2.24. The second-order valence-electron chi connectivity index (χ2n) is 6.41. The molecule has 9 heteroatoms. The highest BCUT2D eigenvalue weighted by Gasteiger charge is 2.29. The van der Waals surface area contributed by atoms with Gasteiger partial charge in [-0.25, -0.2) is 18.4 Å². The van der Waals surface area contributed by atoms with Crippen molar-refractivity contribution in [3.8, 4) is 5.75 Å². The minimum Gasteiger partial charge on any atom is -0.496 e. The molecule has 1 aromatic carbocycles. The predicted molar refractivity (Wildman–Crippen MR) is 94.3 cm³/mol. The van der Waals surface area contributed by atoms with Gasteiger partial charge in [-0.2, -0.15) is 0 Å². The lowest BCUT2D eigenvalue weighted by atomic mass is 9.97. The number of likely N-dealkylation sites (tertiary alicyclic amines) is 1. The molecule has 0 aliphatic carbocycles. The largest absolute Gasteiger partial charge is 0.496 e. The van der Waals surface area contributed by atoms with Gasteiger partial charge in [0.2, 0.25) is 10.0 Å². The van der Waals surface area contributed by atoms with E-state index >= 15 is 0 Å². The molecule has 1 aromatic rings. The van der Waals surface area contributed by atoms with Gasteiger partial charge in [-0.3, -0.25) is 4.79 Å². The molecule has 1 saturated heterocycles. The van der Waals surface area contributed by atoms with E-state index in [1.165, 1.54) is 19.2 Å². The third kappa shape index (κ3) is 4.53. The number of rotatable bonds is 5. The van der Waals surface area contributed by atoms with Crippen LogP contribution in [0.2, 0.25) is 0 Å². The standard InChI is InChI=1S/C17H24N2O6S/c1-11-5-4-6-12(2)19(11)16(20)10-25-17(21)14-9-13(26(18,22)23)7-8-15(14)24-3/h7-9,11-12H,4-6,10H2,1-3H3,(H2,18,22,23)/t11-,12-/m1/s1. The molecule has 2 N–H and O–H groups in total. The third-order valence-electron chi connectivity index (χ3n) is 4.53. The van der Waals surface area contributed by atoms with Crippen LogP contribution in [0.3, 0.4) is 0 Å². The number of primary sulfonamides is 1. The van der Waals surface area contributed by atoms with Crippen molar-refractivity contribution in [2.75, 3.05) is 13.7 Å². The van der Waals surface area contributed by atoms with Crippen LogP contribution >= 0.6 is 0 Å². The Balaban J connectivity index is 2.13. The molecule has 0 radical (unpaired) electrons. The fraction of sp³-hybridized carbons (Fsp3) is 0.529. The lowest BCUT2D eigenvalue weighted by molar-refractivity contribution is -0.140. The molecule has 2 atom stereocenters. The van der Waals surface area contributed by atoms with Crippen molar-refractivity contribution < 1.29 is 27.5 Å². The Morgan fingerprint density at radius 1 is 1.23 bits per heavy atom. The Kier molecular flexibility index (Phi) is 6.25. The van der Waals surface area contributed by atoms with Gasteiger partial charge in [0.15, 0.2) is 6.61 Å². The van der Waals surface area contributed by atoms with Crippen LogP contribution in [0.15, 0.2) is 23.1 Å². The minimum absolute atomic E-state index is 0.0881. The van der Waals surface area contributed by atoms with Gasteiger partial charge in [0.25, 0.3) is 5.91 Å². The van der Waals surface area contributed by atoms with Crippen molar-refractivity contribution in [2.45, 2.75) is 50.1 Å². The summed E-state index contributed by atoms with van der Waals surface area (Å²) in [5, 5.41) is 5.09. The van der Waals surface area contributed by atoms with Crippen molar-refractivity contribution in [1.82, 2.24) is 4.90 Å². The van der Waals surface area contributed by atoms with Crippen LogP contribution in [0.25, 0.3) is 0 Å². The molecule has 0 aromatic heterocycles. The first kappa shape index (κ1) is 20.2. The van der Waals surface area contributed by atoms with Crippen molar-refractivity contribution in [3.63, 3.8) is 0 Å². The van der Waals surface area contributed by atoms with Crippen LogP contribution < -0.4 is 9.88 Å². The van der Waals surface area contributed by atoms with E-state index in [2.05, 4.69) is 0 Å². The van der Waals surface area contributed by atoms with Crippen molar-refractivity contribution in [2.24, 2.45) is 5.14 Å². The van der Waals surface area contributed by atoms with E-state index in [4.69, 9.17) is 14.6 Å². The molecule has 0 bridgehead atoms. The van der Waals surface area contributed by atoms with E-state index in [0.717, 1.165) is 25.3 Å². The molecule has 2 rings (SSSR count). The van der Waals surface area contributed by atoms with Crippen LogP contribution in [0.5, 0.6) is 5.75 Å². The summed E-state index contributed by atoms with van der Waals surface area (Å²) in [4.78, 5) is 26.3. The van der Waals surface area contributed by atoms with Gasteiger partial charge in [0.1, 0.15) is 11.3 Å². The SMILES string of the molecule is COc1ccc(S(N)(=O)=O)cc1C(=O)OCC(=O)N1[C@H](C)CCC[C@H]1C. The van der Waals surface area contributed by atoms with E-state index < -0.39 is 22.6 Å². The molecule has 1 aliphatic rings. The molecule has 144 valence electrons. The van der Waals surface area contributed by atoms with Crippen molar-refractivity contribution >= 4 is 21.9 Å². The number of esters is 1. The molecule has 1 fully saturated rings. The first-order chi connectivity index (χ1) is 12.1. The smallest absolute Gasteiger partial charge is 0.342 e. The van der Waals surface area contributed by atoms with E-state index in [1.807, 2.05) is 13.8 Å². The fourth-order valence-electron chi connectivity index (χ4n) is 3.22. The van der Waals surface area contributed by atoms with E-state index in [9.17, 15) is 18.0 Å². The van der Waals surface area contributed by atoms with Crippen LogP contribution in [-0.2, 0) is 19.6 Å². The normalized spacial score (nSPS) is 20.5. The summed E-state index contributed by atoms with van der Waals surface area (Å²) in [7, 11) is -2.65. The Morgan fingerprint density at radius 2 is 1.85 bits per heavy atom. The molecule has 1 amide bonds. The first-order valence-electron chi connectivity index (χ1n) is 8.34. The van der Waals surface area contributed by atoms with Gasteiger partial charge < -0.3 is 14.4 Å². The number of carbonyl (C=O) groups is 2. The minimum atomic E-state index is -3.99. The van der Waals surface area contributed by atoms with Crippen molar-refractivity contribution in [1.29, 1.82) is 0 Å². The number of hydrogen-bond donors (Lipinski definition) is 1. The number of piperidine rings is 1. The molecule has 1 heterocycles. The van der Waals surface area contributed by atoms with E-state index in [0.29, 0.717) is 0 Å². The molecule has 8 nitrogen and oxygen atoms in total. The zero-order chi connectivity index (χ0) is 19.5. The van der Waals surface area contributed by atoms with Gasteiger partial charge >= 0.3 is 5.97 Å². The second kappa shape index (κ2) is 8.05. The molecule has 26 heavy (non-hydrogen) atoms. The Bertz CT molecular complexity index is 782. The quantitative estimate of drug-likeness (QED) is 0.765. The maximum atomic E-state index is 12.4. The summed E-state index contributed by atoms with van der Waals surface area (Å²) in [6.45, 7) is 3.51. The van der Waals surface area contributed by atoms with Crippen LogP contribution in [0.4, 0.5) is 0 Å². The van der Waals surface area contributed by atoms with Gasteiger partial charge in [-0.05, 0) is 51.3 Å². The van der Waals surface area contributed by atoms with Crippen LogP contribution in [0.1, 0.15) is 43.5 Å². The third-order valence-corrected chi connectivity index (χ3v) is 5.44. The molecule has 0 unspecified atom stereocenters. The summed E-state index contributed by atoms with van der Waals surface area (Å²) < 4.78 is 33.1. The number of nitrogens with two attached hydrogens (primary N) is 1. The lowest BCUT2D eigenvalue weighted by Gasteiger charge is -2.38. The van der Waals surface area contributed by atoms with Crippen LogP contribution in [0, 0.1) is 0 Å². The van der Waals surface area contributed by atoms with E-state index in [-0.39, 0.29) is 34.2 Å². The zero-order valence-electron chi connectivity index (χ0n) is 15.1. The number of benzene rings is 1. The lowest BCUT2D eigenvalue weighted by Crippen LogP contribution is -2.49. The van der Waals surface area contributed by atoms with Crippen molar-refractivity contribution in [3.05, 3.63) is 23.8 Å². The van der Waals surface area contributed by atoms with Gasteiger partial charge in [-0.1, -0.05) is 0 Å². The Morgan fingerprint density at radius 3 is 2.38 bits per heavy atom. The number of sulfonamides is 1. The van der Waals surface area contributed by atoms with Gasteiger partial charge in [0, 0.05) is 12.1 Å². The maximum absolute atomic E-state index is 12.4. The predicted octanol–water partition coefficient (Wildman–Crippen LogP) is 1.29. The average Bonchev–Trinajstić information content (AvgIpc) is 2.58. The number of carbonyl (C=O) groups excluding carboxylic acids is 2. The number of ether oxygens (including phenoxy) is 2. The maximum Gasteiger partial charge on any atom is 0.342 e. The highest BCUT2D eigenvalue weighted by atomic mass is 32.2. The fourth-order valence-corrected chi connectivity index (χ4v) is 3.76. The number of nitrogens with zero attached hydrogens (tertiary/aromatic N) is 1. The molecule has 1 aliphatic heterocycles. The van der Waals surface area contributed by atoms with Gasteiger partial charge in [0.05, 0.1) is 12.0 Å². The summed E-state index contributed by atoms with van der Waals surface area (Å²) in [5.41, 5.74) is -0.105. The summed E-state index contributed by atoms with van der Waals surface area (Å²) in [6, 6.07) is 3.79. The molecular formula is C17H24N2O6S. The number of hydrogen-bond acceptors (Lipinski definition) is 6. The van der Waals surface area contributed by atoms with E-state index in [1.54, 1.807) is 4.90 Å². The Labute approximate surface area is 153 Å². The Hall–Kier alpha value is -2.13. The average molecular weight is 384 g/mol. The first-order valence-corrected chi connectivity index (χ1v) is 9.89. The number of amides is 1. The molecular weight excluding hydrogens is 360 g/mol. The monoisotopic (exact) mass is 384 g/mol. The second-order valence-corrected chi connectivity index (χ2v) is 7.97. The zero-order valence-corrected chi connectivity index (χ0v) is 15.9. The van der Waals surface area contributed by atoms with Crippen LogP contribution in [-0.4, -0.2) is 51.0 Å². The molecule has 0 spiro atoms. The highest BCUT2D eigenvalue weighted by molar-refractivity contribution is 7.89.